The van der Waals surface area contributed by atoms with Gasteiger partial charge in [0.05, 0.1) is 7.18 Å². The van der Waals surface area contributed by atoms with Crippen LogP contribution in [0.5, 0.6) is 0 Å². The molecule has 0 bridgehead atoms. The van der Waals surface area contributed by atoms with Crippen molar-refractivity contribution in [2.75, 3.05) is 20.8 Å². The molecule has 5 rings (SSSR count). The molecule has 4 N–H and O–H groups in total. The zero-order valence-corrected chi connectivity index (χ0v) is 27.6. The van der Waals surface area contributed by atoms with Crippen molar-refractivity contribution in [3.8, 4) is 0 Å². The maximum atomic E-state index is 11.9. The SMILES string of the molecule is C=C1C2CCC(c3ccc(Cl)cc3Cl)C(C3=CCC=C(O)C=C3)C2CN1C.CC.CCC.CF.Fc1ccccc1.N. The van der Waals surface area contributed by atoms with Crippen LogP contribution in [0.2, 0.25) is 10.0 Å². The summed E-state index contributed by atoms with van der Waals surface area (Å²) in [5.41, 5.74) is 3.73. The van der Waals surface area contributed by atoms with Crippen LogP contribution in [-0.4, -0.2) is 30.8 Å². The van der Waals surface area contributed by atoms with E-state index in [4.69, 9.17) is 23.2 Å². The van der Waals surface area contributed by atoms with Gasteiger partial charge in [-0.25, -0.2) is 4.39 Å². The van der Waals surface area contributed by atoms with Crippen molar-refractivity contribution in [3.63, 3.8) is 0 Å². The Morgan fingerprint density at radius 2 is 1.55 bits per heavy atom. The molecule has 234 valence electrons. The summed E-state index contributed by atoms with van der Waals surface area (Å²) in [4.78, 5) is 2.31. The first-order valence-corrected chi connectivity index (χ1v) is 15.2. The molecule has 1 saturated heterocycles. The summed E-state index contributed by atoms with van der Waals surface area (Å²) in [6.07, 6.45) is 12.2. The Morgan fingerprint density at radius 1 is 0.952 bits per heavy atom. The van der Waals surface area contributed by atoms with Gasteiger partial charge in [0.15, 0.2) is 0 Å². The van der Waals surface area contributed by atoms with Crippen LogP contribution in [0.3, 0.4) is 0 Å². The third-order valence-corrected chi connectivity index (χ3v) is 7.77. The highest BCUT2D eigenvalue weighted by Gasteiger charge is 2.47. The summed E-state index contributed by atoms with van der Waals surface area (Å²) in [7, 11) is 2.65. The van der Waals surface area contributed by atoms with E-state index in [1.165, 1.54) is 35.4 Å². The molecule has 0 spiro atoms. The molecule has 42 heavy (non-hydrogen) atoms. The standard InChI is InChI=1S/C23H25Cl2NO.C6H5F.C3H8.C2H6.CH3F.H3N/c1-14-18-10-11-20(19-9-7-16(24)12-22(19)25)23(21(18)13-26(14)2)15-4-3-5-17(27)8-6-15;7-6-4-2-1-3-5-6;1-3-2;2*1-2;/h4-9,12,18,20-21,23,27H,1,3,10-11,13H2,2H3;1-5H;3H2,1-2H3;1-2H3;1H3;1H3. The molecule has 2 aromatic carbocycles. The van der Waals surface area contributed by atoms with E-state index in [-0.39, 0.29) is 12.0 Å². The number of benzene rings is 2. The van der Waals surface area contributed by atoms with Gasteiger partial charge < -0.3 is 16.2 Å². The van der Waals surface area contributed by atoms with Crippen LogP contribution < -0.4 is 6.15 Å². The molecule has 0 radical (unpaired) electrons. The minimum Gasteiger partial charge on any atom is -0.508 e. The Balaban J connectivity index is 0.000000944. The van der Waals surface area contributed by atoms with Gasteiger partial charge in [-0.2, -0.15) is 0 Å². The van der Waals surface area contributed by atoms with Crippen molar-refractivity contribution in [1.29, 1.82) is 0 Å². The molecule has 0 aromatic heterocycles. The molecular formula is C35H50Cl2F2N2O. The van der Waals surface area contributed by atoms with Gasteiger partial charge in [-0.05, 0) is 84.6 Å². The zero-order valence-electron chi connectivity index (χ0n) is 26.1. The number of rotatable bonds is 2. The van der Waals surface area contributed by atoms with E-state index in [9.17, 15) is 13.9 Å². The van der Waals surface area contributed by atoms with E-state index in [1.807, 2.05) is 38.1 Å². The van der Waals surface area contributed by atoms with E-state index in [0.29, 0.717) is 41.6 Å². The number of fused-ring (bicyclic) bond motifs is 1. The Bertz CT molecular complexity index is 1150. The largest absolute Gasteiger partial charge is 0.508 e. The monoisotopic (exact) mass is 622 g/mol. The van der Waals surface area contributed by atoms with Crippen LogP contribution in [0.25, 0.3) is 0 Å². The maximum absolute atomic E-state index is 11.9. The lowest BCUT2D eigenvalue weighted by molar-refractivity contribution is 0.206. The molecule has 2 fully saturated rings. The molecule has 3 aliphatic rings. The fraction of sp³-hybridized carbons (Fsp3) is 0.429. The summed E-state index contributed by atoms with van der Waals surface area (Å²) in [6.45, 7) is 13.6. The van der Waals surface area contributed by atoms with Gasteiger partial charge in [-0.1, -0.05) is 100 Å². The number of halogens is 4. The Kier molecular flexibility index (Phi) is 19.8. The van der Waals surface area contributed by atoms with Gasteiger partial charge >= 0.3 is 0 Å². The fourth-order valence-electron chi connectivity index (χ4n) is 5.60. The fourth-order valence-corrected chi connectivity index (χ4v) is 6.15. The Labute approximate surface area is 263 Å². The molecule has 1 saturated carbocycles. The lowest BCUT2D eigenvalue weighted by Crippen LogP contribution is -2.34. The molecule has 2 aromatic rings. The molecule has 7 heteroatoms. The van der Waals surface area contributed by atoms with Crippen LogP contribution in [0.1, 0.15) is 64.9 Å². The zero-order chi connectivity index (χ0) is 30.9. The van der Waals surface area contributed by atoms with E-state index in [2.05, 4.69) is 50.6 Å². The van der Waals surface area contributed by atoms with Crippen molar-refractivity contribution in [2.45, 2.75) is 59.3 Å². The smallest absolute Gasteiger partial charge is 0.123 e. The van der Waals surface area contributed by atoms with Crippen molar-refractivity contribution in [2.24, 2.45) is 17.8 Å². The summed E-state index contributed by atoms with van der Waals surface area (Å²) in [5, 5.41) is 11.3. The van der Waals surface area contributed by atoms with Crippen LogP contribution in [0, 0.1) is 23.6 Å². The average molecular weight is 624 g/mol. The molecule has 4 unspecified atom stereocenters. The van der Waals surface area contributed by atoms with Crippen LogP contribution >= 0.6 is 23.2 Å². The van der Waals surface area contributed by atoms with Crippen LogP contribution in [0.4, 0.5) is 8.78 Å². The number of hydrogen-bond donors (Lipinski definition) is 2. The molecule has 3 nitrogen and oxygen atoms in total. The van der Waals surface area contributed by atoms with Crippen LogP contribution in [-0.2, 0) is 0 Å². The normalized spacial score (nSPS) is 21.9. The molecule has 0 amide bonds. The van der Waals surface area contributed by atoms with Gasteiger partial charge in [0.25, 0.3) is 0 Å². The third kappa shape index (κ3) is 11.2. The quantitative estimate of drug-likeness (QED) is 0.350. The lowest BCUT2D eigenvalue weighted by atomic mass is 9.62. The number of allylic oxidation sites excluding steroid dienone is 6. The molecule has 2 aliphatic carbocycles. The van der Waals surface area contributed by atoms with Crippen molar-refractivity contribution in [1.82, 2.24) is 11.1 Å². The molecule has 1 heterocycles. The molecular weight excluding hydrogens is 573 g/mol. The molecule has 4 atom stereocenters. The maximum Gasteiger partial charge on any atom is 0.123 e. The second kappa shape index (κ2) is 21.1. The van der Waals surface area contributed by atoms with Crippen LogP contribution in [0.15, 0.2) is 96.4 Å². The Hall–Kier alpha value is -2.60. The van der Waals surface area contributed by atoms with E-state index in [0.717, 1.165) is 30.8 Å². The summed E-state index contributed by atoms with van der Waals surface area (Å²) < 4.78 is 21.4. The van der Waals surface area contributed by atoms with Gasteiger partial charge in [-0.3, -0.25) is 4.39 Å². The number of aliphatic hydroxyl groups excluding tert-OH is 1. The summed E-state index contributed by atoms with van der Waals surface area (Å²) >= 11 is 12.8. The average Bonchev–Trinajstić information content (AvgIpc) is 3.11. The highest BCUT2D eigenvalue weighted by molar-refractivity contribution is 6.35. The van der Waals surface area contributed by atoms with Gasteiger partial charge in [0.1, 0.15) is 11.6 Å². The summed E-state index contributed by atoms with van der Waals surface area (Å²) in [6, 6.07) is 13.8. The van der Waals surface area contributed by atoms with Gasteiger partial charge in [0, 0.05) is 35.3 Å². The number of aliphatic hydroxyl groups is 1. The van der Waals surface area contributed by atoms with Gasteiger partial charge in [0.2, 0.25) is 0 Å². The predicted octanol–water partition coefficient (Wildman–Crippen LogP) is 11.5. The third-order valence-electron chi connectivity index (χ3n) is 7.21. The van der Waals surface area contributed by atoms with Crippen molar-refractivity contribution < 1.29 is 13.9 Å². The first kappa shape index (κ1) is 39.4. The summed E-state index contributed by atoms with van der Waals surface area (Å²) in [5.74, 6) is 1.86. The topological polar surface area (TPSA) is 58.5 Å². The second-order valence-corrected chi connectivity index (χ2v) is 10.8. The minimum atomic E-state index is -0.178. The predicted molar refractivity (Wildman–Crippen MR) is 179 cm³/mol. The molecule has 1 aliphatic heterocycles. The highest BCUT2D eigenvalue weighted by Crippen LogP contribution is 2.54. The van der Waals surface area contributed by atoms with E-state index < -0.39 is 0 Å². The Morgan fingerprint density at radius 3 is 2.10 bits per heavy atom. The minimum absolute atomic E-state index is 0. The van der Waals surface area contributed by atoms with E-state index in [1.54, 1.807) is 18.2 Å². The first-order chi connectivity index (χ1) is 19.8. The van der Waals surface area contributed by atoms with Gasteiger partial charge in [-0.15, -0.1) is 0 Å². The number of nitrogens with zero attached hydrogens (tertiary/aromatic N) is 1. The number of likely N-dealkylation sites (tertiary alicyclic amines) is 1. The number of alkyl halides is 1. The lowest BCUT2D eigenvalue weighted by Gasteiger charge is -2.41. The van der Waals surface area contributed by atoms with Crippen molar-refractivity contribution in [3.05, 3.63) is 118 Å². The number of hydrogen-bond acceptors (Lipinski definition) is 3. The van der Waals surface area contributed by atoms with Crippen molar-refractivity contribution >= 4 is 23.2 Å². The second-order valence-electron chi connectivity index (χ2n) is 9.92. The highest BCUT2D eigenvalue weighted by atomic mass is 35.5. The first-order valence-electron chi connectivity index (χ1n) is 14.5. The van der Waals surface area contributed by atoms with E-state index >= 15 is 0 Å².